The van der Waals surface area contributed by atoms with Crippen LogP contribution >= 0.6 is 12.4 Å². The smallest absolute Gasteiger partial charge is 0.0773 e. The molecule has 3 N–H and O–H groups in total. The number of aliphatic hydroxyl groups excluding tert-OH is 1. The standard InChI is InChI=1S/C22H21NO.ClH/c23-22(21(24)12-15-6-2-1-3-7-15)17-10-11-20-18(14-17)13-16-8-4-5-9-19(16)20;/h1-11,14,21-22,24H,12-13,23H2;1H/t21-,22+;/m1./s1. The highest BCUT2D eigenvalue weighted by Gasteiger charge is 2.22. The average molecular weight is 352 g/mol. The number of rotatable bonds is 4. The number of nitrogens with two attached hydrogens (primary N) is 1. The Labute approximate surface area is 154 Å². The highest BCUT2D eigenvalue weighted by molar-refractivity contribution is 5.85. The zero-order chi connectivity index (χ0) is 16.5. The van der Waals surface area contributed by atoms with Gasteiger partial charge in [-0.3, -0.25) is 0 Å². The first-order valence-corrected chi connectivity index (χ1v) is 8.41. The Morgan fingerprint density at radius 3 is 2.32 bits per heavy atom. The first-order chi connectivity index (χ1) is 11.7. The Morgan fingerprint density at radius 1 is 0.840 bits per heavy atom. The van der Waals surface area contributed by atoms with Crippen molar-refractivity contribution in [3.63, 3.8) is 0 Å². The summed E-state index contributed by atoms with van der Waals surface area (Å²) in [7, 11) is 0. The second-order valence-corrected chi connectivity index (χ2v) is 6.53. The van der Waals surface area contributed by atoms with E-state index in [9.17, 15) is 5.11 Å². The minimum Gasteiger partial charge on any atom is -0.391 e. The van der Waals surface area contributed by atoms with Crippen LogP contribution in [-0.4, -0.2) is 11.2 Å². The predicted molar refractivity (Wildman–Crippen MR) is 105 cm³/mol. The van der Waals surface area contributed by atoms with E-state index in [2.05, 4.69) is 42.5 Å². The largest absolute Gasteiger partial charge is 0.391 e. The Kier molecular flexibility index (Phi) is 5.24. The molecular formula is C22H22ClNO. The van der Waals surface area contributed by atoms with Crippen LogP contribution in [0.4, 0.5) is 0 Å². The van der Waals surface area contributed by atoms with Crippen molar-refractivity contribution < 1.29 is 5.11 Å². The minimum absolute atomic E-state index is 0. The number of aliphatic hydroxyl groups is 1. The van der Waals surface area contributed by atoms with Crippen molar-refractivity contribution in [3.8, 4) is 11.1 Å². The van der Waals surface area contributed by atoms with Gasteiger partial charge in [-0.1, -0.05) is 72.8 Å². The van der Waals surface area contributed by atoms with Gasteiger partial charge in [0.05, 0.1) is 12.1 Å². The van der Waals surface area contributed by atoms with Crippen molar-refractivity contribution in [2.24, 2.45) is 5.73 Å². The third-order valence-corrected chi connectivity index (χ3v) is 4.90. The first kappa shape index (κ1) is 17.7. The Bertz CT molecular complexity index is 863. The molecule has 0 aliphatic heterocycles. The molecule has 128 valence electrons. The van der Waals surface area contributed by atoms with Crippen LogP contribution in [0, 0.1) is 0 Å². The van der Waals surface area contributed by atoms with E-state index in [1.807, 2.05) is 30.3 Å². The lowest BCUT2D eigenvalue weighted by Gasteiger charge is -2.20. The van der Waals surface area contributed by atoms with E-state index in [0.717, 1.165) is 17.5 Å². The van der Waals surface area contributed by atoms with E-state index in [1.54, 1.807) is 0 Å². The lowest BCUT2D eigenvalue weighted by atomic mass is 9.94. The van der Waals surface area contributed by atoms with Gasteiger partial charge in [0.15, 0.2) is 0 Å². The number of fused-ring (bicyclic) bond motifs is 3. The normalized spacial score (nSPS) is 14.2. The molecule has 0 amide bonds. The summed E-state index contributed by atoms with van der Waals surface area (Å²) in [5.74, 6) is 0. The molecule has 0 saturated carbocycles. The van der Waals surface area contributed by atoms with Crippen LogP contribution in [0.15, 0.2) is 72.8 Å². The molecule has 0 unspecified atom stereocenters. The van der Waals surface area contributed by atoms with Crippen molar-refractivity contribution in [2.75, 3.05) is 0 Å². The third kappa shape index (κ3) is 3.47. The van der Waals surface area contributed by atoms with Crippen LogP contribution in [0.25, 0.3) is 11.1 Å². The van der Waals surface area contributed by atoms with Crippen LogP contribution in [0.1, 0.15) is 28.3 Å². The van der Waals surface area contributed by atoms with E-state index in [1.165, 1.54) is 22.3 Å². The van der Waals surface area contributed by atoms with Crippen molar-refractivity contribution >= 4 is 12.4 Å². The first-order valence-electron chi connectivity index (χ1n) is 8.41. The Morgan fingerprint density at radius 2 is 1.52 bits per heavy atom. The second kappa shape index (κ2) is 7.40. The van der Waals surface area contributed by atoms with Gasteiger partial charge in [0.25, 0.3) is 0 Å². The molecule has 3 aromatic carbocycles. The zero-order valence-electron chi connectivity index (χ0n) is 13.9. The zero-order valence-corrected chi connectivity index (χ0v) is 14.7. The Balaban J connectivity index is 0.00000182. The van der Waals surface area contributed by atoms with Crippen LogP contribution in [0.5, 0.6) is 0 Å². The summed E-state index contributed by atoms with van der Waals surface area (Å²) in [6.45, 7) is 0. The average Bonchev–Trinajstić information content (AvgIpc) is 2.99. The fourth-order valence-electron chi connectivity index (χ4n) is 3.58. The van der Waals surface area contributed by atoms with Gasteiger partial charge in [-0.2, -0.15) is 0 Å². The molecule has 0 saturated heterocycles. The van der Waals surface area contributed by atoms with E-state index in [0.29, 0.717) is 6.42 Å². The third-order valence-electron chi connectivity index (χ3n) is 4.90. The van der Waals surface area contributed by atoms with Crippen molar-refractivity contribution in [3.05, 3.63) is 95.1 Å². The molecule has 2 nitrogen and oxygen atoms in total. The van der Waals surface area contributed by atoms with Gasteiger partial charge < -0.3 is 10.8 Å². The van der Waals surface area contributed by atoms with Gasteiger partial charge in [-0.15, -0.1) is 12.4 Å². The molecule has 1 aliphatic rings. The summed E-state index contributed by atoms with van der Waals surface area (Å²) in [5.41, 5.74) is 13.7. The molecule has 0 bridgehead atoms. The number of benzene rings is 3. The van der Waals surface area contributed by atoms with Crippen molar-refractivity contribution in [1.82, 2.24) is 0 Å². The van der Waals surface area contributed by atoms with Crippen molar-refractivity contribution in [1.29, 1.82) is 0 Å². The molecule has 3 aromatic rings. The fraction of sp³-hybridized carbons (Fsp3) is 0.182. The highest BCUT2D eigenvalue weighted by Crippen LogP contribution is 2.37. The summed E-state index contributed by atoms with van der Waals surface area (Å²) in [6, 6.07) is 24.5. The van der Waals surface area contributed by atoms with E-state index in [4.69, 9.17) is 5.73 Å². The molecule has 4 rings (SSSR count). The molecule has 0 aromatic heterocycles. The molecule has 2 atom stereocenters. The summed E-state index contributed by atoms with van der Waals surface area (Å²) in [4.78, 5) is 0. The predicted octanol–water partition coefficient (Wildman–Crippen LogP) is 4.28. The van der Waals surface area contributed by atoms with Crippen LogP contribution in [-0.2, 0) is 12.8 Å². The summed E-state index contributed by atoms with van der Waals surface area (Å²) < 4.78 is 0. The van der Waals surface area contributed by atoms with Gasteiger partial charge >= 0.3 is 0 Å². The number of hydrogen-bond donors (Lipinski definition) is 2. The summed E-state index contributed by atoms with van der Waals surface area (Å²) in [5, 5.41) is 10.5. The maximum absolute atomic E-state index is 10.5. The van der Waals surface area contributed by atoms with Gasteiger partial charge in [-0.25, -0.2) is 0 Å². The SMILES string of the molecule is Cl.N[C@@H](c1ccc2c(c1)Cc1ccccc1-2)[C@H](O)Cc1ccccc1. The van der Waals surface area contributed by atoms with Gasteiger partial charge in [0.1, 0.15) is 0 Å². The molecule has 3 heteroatoms. The maximum atomic E-state index is 10.5. The van der Waals surface area contributed by atoms with Gasteiger partial charge in [0, 0.05) is 6.42 Å². The van der Waals surface area contributed by atoms with Gasteiger partial charge in [-0.05, 0) is 39.8 Å². The van der Waals surface area contributed by atoms with E-state index in [-0.39, 0.29) is 18.4 Å². The van der Waals surface area contributed by atoms with E-state index < -0.39 is 6.10 Å². The molecule has 0 spiro atoms. The lowest BCUT2D eigenvalue weighted by molar-refractivity contribution is 0.145. The van der Waals surface area contributed by atoms with Crippen LogP contribution < -0.4 is 5.73 Å². The second-order valence-electron chi connectivity index (χ2n) is 6.53. The van der Waals surface area contributed by atoms with Crippen LogP contribution in [0.2, 0.25) is 0 Å². The molecule has 0 heterocycles. The summed E-state index contributed by atoms with van der Waals surface area (Å²) >= 11 is 0. The maximum Gasteiger partial charge on any atom is 0.0773 e. The molecular weight excluding hydrogens is 330 g/mol. The number of hydrogen-bond acceptors (Lipinski definition) is 2. The van der Waals surface area contributed by atoms with E-state index >= 15 is 0 Å². The molecule has 25 heavy (non-hydrogen) atoms. The fourth-order valence-corrected chi connectivity index (χ4v) is 3.58. The highest BCUT2D eigenvalue weighted by atomic mass is 35.5. The van der Waals surface area contributed by atoms with Crippen molar-refractivity contribution in [2.45, 2.75) is 25.0 Å². The molecule has 0 fully saturated rings. The van der Waals surface area contributed by atoms with Crippen LogP contribution in [0.3, 0.4) is 0 Å². The monoisotopic (exact) mass is 351 g/mol. The Hall–Kier alpha value is -2.13. The molecule has 1 aliphatic carbocycles. The number of halogens is 1. The minimum atomic E-state index is -0.589. The molecule has 0 radical (unpaired) electrons. The van der Waals surface area contributed by atoms with Gasteiger partial charge in [0.2, 0.25) is 0 Å². The topological polar surface area (TPSA) is 46.2 Å². The summed E-state index contributed by atoms with van der Waals surface area (Å²) in [6.07, 6.45) is 0.925. The quantitative estimate of drug-likeness (QED) is 0.576. The lowest BCUT2D eigenvalue weighted by Crippen LogP contribution is -2.28.